The molecule has 3 rings (SSSR count). The summed E-state index contributed by atoms with van der Waals surface area (Å²) >= 11 is 0. The largest absolute Gasteiger partial charge is 0.485 e. The molecule has 2 aromatic carbocycles. The van der Waals surface area contributed by atoms with E-state index in [1.807, 2.05) is 60.7 Å². The Morgan fingerprint density at radius 2 is 1.60 bits per heavy atom. The lowest BCUT2D eigenvalue weighted by Gasteiger charge is -2.20. The summed E-state index contributed by atoms with van der Waals surface area (Å²) in [6, 6.07) is 18.6. The molecule has 1 aliphatic heterocycles. The summed E-state index contributed by atoms with van der Waals surface area (Å²) in [5.41, 5.74) is 1.71. The predicted octanol–water partition coefficient (Wildman–Crippen LogP) is 2.65. The molecular formula is C23H22O7. The van der Waals surface area contributed by atoms with Gasteiger partial charge < -0.3 is 24.1 Å². The van der Waals surface area contributed by atoms with Crippen LogP contribution in [0.25, 0.3) is 0 Å². The minimum absolute atomic E-state index is 0.0573. The first-order valence-electron chi connectivity index (χ1n) is 9.34. The van der Waals surface area contributed by atoms with Gasteiger partial charge in [0.1, 0.15) is 25.9 Å². The Morgan fingerprint density at radius 1 is 1.03 bits per heavy atom. The van der Waals surface area contributed by atoms with E-state index in [0.717, 1.165) is 17.2 Å². The normalized spacial score (nSPS) is 16.6. The molecule has 1 heterocycles. The molecule has 30 heavy (non-hydrogen) atoms. The second kappa shape index (κ2) is 10.3. The third-order valence-electron chi connectivity index (χ3n) is 4.28. The molecule has 0 aromatic heterocycles. The van der Waals surface area contributed by atoms with Crippen molar-refractivity contribution in [1.82, 2.24) is 0 Å². The molecule has 2 aromatic rings. The van der Waals surface area contributed by atoms with E-state index < -0.39 is 30.8 Å². The lowest BCUT2D eigenvalue weighted by Crippen LogP contribution is -2.34. The number of aliphatic hydroxyl groups excluding tert-OH is 1. The number of cyclic esters (lactones) is 1. The van der Waals surface area contributed by atoms with Crippen molar-refractivity contribution in [3.63, 3.8) is 0 Å². The first kappa shape index (κ1) is 21.1. The van der Waals surface area contributed by atoms with Crippen molar-refractivity contribution in [3.8, 4) is 0 Å². The Hall–Kier alpha value is -3.58. The van der Waals surface area contributed by atoms with E-state index in [0.29, 0.717) is 0 Å². The van der Waals surface area contributed by atoms with E-state index in [1.165, 1.54) is 0 Å². The summed E-state index contributed by atoms with van der Waals surface area (Å²) in [5.74, 6) is -1.52. The van der Waals surface area contributed by atoms with Gasteiger partial charge in [0.2, 0.25) is 5.76 Å². The summed E-state index contributed by atoms with van der Waals surface area (Å²) in [5, 5.41) is 10.4. The zero-order valence-electron chi connectivity index (χ0n) is 16.2. The van der Waals surface area contributed by atoms with Crippen LogP contribution in [0.3, 0.4) is 0 Å². The average Bonchev–Trinajstić information content (AvgIpc) is 3.11. The van der Waals surface area contributed by atoms with E-state index in [1.54, 1.807) is 0 Å². The van der Waals surface area contributed by atoms with Gasteiger partial charge in [0.05, 0.1) is 0 Å². The number of rotatable bonds is 10. The Labute approximate surface area is 174 Å². The van der Waals surface area contributed by atoms with Crippen LogP contribution in [-0.2, 0) is 41.8 Å². The molecule has 0 saturated heterocycles. The number of aliphatic hydroxyl groups is 1. The van der Waals surface area contributed by atoms with Crippen molar-refractivity contribution < 1.29 is 33.6 Å². The smallest absolute Gasteiger partial charge is 0.378 e. The van der Waals surface area contributed by atoms with Crippen molar-refractivity contribution in [1.29, 1.82) is 0 Å². The number of esters is 2. The van der Waals surface area contributed by atoms with Gasteiger partial charge in [0.15, 0.2) is 11.9 Å². The molecule has 7 nitrogen and oxygen atoms in total. The maximum atomic E-state index is 12.4. The molecule has 0 bridgehead atoms. The van der Waals surface area contributed by atoms with E-state index in [-0.39, 0.29) is 24.7 Å². The molecule has 1 aliphatic rings. The highest BCUT2D eigenvalue weighted by Crippen LogP contribution is 2.29. The van der Waals surface area contributed by atoms with Gasteiger partial charge in [-0.2, -0.15) is 0 Å². The molecular weight excluding hydrogens is 388 g/mol. The molecule has 156 valence electrons. The van der Waals surface area contributed by atoms with Crippen LogP contribution in [-0.4, -0.2) is 35.9 Å². The zero-order chi connectivity index (χ0) is 21.3. The highest BCUT2D eigenvalue weighted by Gasteiger charge is 2.42. The Balaban J connectivity index is 1.77. The quantitative estimate of drug-likeness (QED) is 0.476. The standard InChI is InChI=1S/C23H22O7/c1-2-19(25)27-15-18(24)20-21(28-13-16-9-5-3-6-10-16)22(23(26)30-20)29-14-17-11-7-4-8-12-17/h2-12,18,20,24H,1,13-15H2. The molecule has 0 spiro atoms. The topological polar surface area (TPSA) is 91.3 Å². The number of benzene rings is 2. The van der Waals surface area contributed by atoms with Crippen LogP contribution in [0.1, 0.15) is 11.1 Å². The Kier molecular flexibility index (Phi) is 7.24. The van der Waals surface area contributed by atoms with E-state index >= 15 is 0 Å². The van der Waals surface area contributed by atoms with E-state index in [9.17, 15) is 14.7 Å². The van der Waals surface area contributed by atoms with Crippen molar-refractivity contribution >= 4 is 11.9 Å². The van der Waals surface area contributed by atoms with Gasteiger partial charge in [-0.1, -0.05) is 67.2 Å². The zero-order valence-corrected chi connectivity index (χ0v) is 16.2. The summed E-state index contributed by atoms with van der Waals surface area (Å²) in [4.78, 5) is 23.7. The Morgan fingerprint density at radius 3 is 2.17 bits per heavy atom. The van der Waals surface area contributed by atoms with Gasteiger partial charge in [0.25, 0.3) is 0 Å². The van der Waals surface area contributed by atoms with Gasteiger partial charge in [-0.05, 0) is 11.1 Å². The van der Waals surface area contributed by atoms with Gasteiger partial charge in [-0.25, -0.2) is 9.59 Å². The van der Waals surface area contributed by atoms with Crippen LogP contribution in [0.4, 0.5) is 0 Å². The summed E-state index contributed by atoms with van der Waals surface area (Å²) < 4.78 is 21.6. The number of ether oxygens (including phenoxy) is 4. The summed E-state index contributed by atoms with van der Waals surface area (Å²) in [7, 11) is 0. The van der Waals surface area contributed by atoms with Crippen LogP contribution >= 0.6 is 0 Å². The third-order valence-corrected chi connectivity index (χ3v) is 4.28. The minimum atomic E-state index is -1.33. The molecule has 0 saturated carbocycles. The van der Waals surface area contributed by atoms with E-state index in [4.69, 9.17) is 18.9 Å². The van der Waals surface area contributed by atoms with Gasteiger partial charge in [0, 0.05) is 6.08 Å². The van der Waals surface area contributed by atoms with Gasteiger partial charge >= 0.3 is 11.9 Å². The van der Waals surface area contributed by atoms with Crippen LogP contribution in [0.5, 0.6) is 0 Å². The fourth-order valence-electron chi connectivity index (χ4n) is 2.76. The van der Waals surface area contributed by atoms with Gasteiger partial charge in [-0.3, -0.25) is 0 Å². The number of carbonyl (C=O) groups is 2. The molecule has 2 unspecified atom stereocenters. The van der Waals surface area contributed by atoms with Gasteiger partial charge in [-0.15, -0.1) is 0 Å². The fourth-order valence-corrected chi connectivity index (χ4v) is 2.76. The predicted molar refractivity (Wildman–Crippen MR) is 107 cm³/mol. The number of carbonyl (C=O) groups excluding carboxylic acids is 2. The lowest BCUT2D eigenvalue weighted by molar-refractivity contribution is -0.152. The number of hydrogen-bond acceptors (Lipinski definition) is 7. The molecule has 0 aliphatic carbocycles. The SMILES string of the molecule is C=CC(=O)OCC(O)C1OC(=O)C(OCc2ccccc2)=C1OCc1ccccc1. The fraction of sp³-hybridized carbons (Fsp3) is 0.217. The lowest BCUT2D eigenvalue weighted by atomic mass is 10.1. The van der Waals surface area contributed by atoms with Crippen LogP contribution in [0.2, 0.25) is 0 Å². The first-order valence-corrected chi connectivity index (χ1v) is 9.34. The molecule has 0 fully saturated rings. The van der Waals surface area contributed by atoms with Crippen LogP contribution < -0.4 is 0 Å². The molecule has 0 amide bonds. The van der Waals surface area contributed by atoms with Crippen LogP contribution in [0.15, 0.2) is 84.8 Å². The number of hydrogen-bond donors (Lipinski definition) is 1. The van der Waals surface area contributed by atoms with Crippen molar-refractivity contribution in [2.45, 2.75) is 25.4 Å². The minimum Gasteiger partial charge on any atom is -0.485 e. The monoisotopic (exact) mass is 410 g/mol. The maximum Gasteiger partial charge on any atom is 0.378 e. The first-order chi connectivity index (χ1) is 14.6. The second-order valence-electron chi connectivity index (χ2n) is 6.47. The average molecular weight is 410 g/mol. The summed E-state index contributed by atoms with van der Waals surface area (Å²) in [6.07, 6.45) is -1.52. The van der Waals surface area contributed by atoms with E-state index in [2.05, 4.69) is 6.58 Å². The van der Waals surface area contributed by atoms with Crippen molar-refractivity contribution in [2.75, 3.05) is 6.61 Å². The van der Waals surface area contributed by atoms with Crippen molar-refractivity contribution in [2.24, 2.45) is 0 Å². The third kappa shape index (κ3) is 5.48. The summed E-state index contributed by atoms with van der Waals surface area (Å²) in [6.45, 7) is 3.16. The second-order valence-corrected chi connectivity index (χ2v) is 6.47. The molecule has 7 heteroatoms. The van der Waals surface area contributed by atoms with Crippen molar-refractivity contribution in [3.05, 3.63) is 96.0 Å². The molecule has 0 radical (unpaired) electrons. The Bertz CT molecular complexity index is 906. The highest BCUT2D eigenvalue weighted by atomic mass is 16.6. The molecule has 2 atom stereocenters. The highest BCUT2D eigenvalue weighted by molar-refractivity contribution is 5.89. The van der Waals surface area contributed by atoms with Crippen LogP contribution in [0, 0.1) is 0 Å². The molecule has 1 N–H and O–H groups in total. The maximum absolute atomic E-state index is 12.4.